The van der Waals surface area contributed by atoms with Crippen molar-refractivity contribution < 1.29 is 4.74 Å². The van der Waals surface area contributed by atoms with Crippen molar-refractivity contribution in [2.75, 3.05) is 24.7 Å². The van der Waals surface area contributed by atoms with Crippen LogP contribution in [0, 0.1) is 13.8 Å². The lowest BCUT2D eigenvalue weighted by Gasteiger charge is -2.34. The summed E-state index contributed by atoms with van der Waals surface area (Å²) in [7, 11) is 1.95. The smallest absolute Gasteiger partial charge is 0.165 e. The van der Waals surface area contributed by atoms with Crippen molar-refractivity contribution in [1.82, 2.24) is 29.7 Å². The first-order valence-electron chi connectivity index (χ1n) is 10.2. The van der Waals surface area contributed by atoms with Crippen molar-refractivity contribution in [3.8, 4) is 22.6 Å². The molecule has 0 bridgehead atoms. The number of rotatable bonds is 3. The highest BCUT2D eigenvalue weighted by Crippen LogP contribution is 2.32. The molecule has 5 heterocycles. The molecule has 5 rings (SSSR count). The number of anilines is 1. The fourth-order valence-electron chi connectivity index (χ4n) is 4.18. The van der Waals surface area contributed by atoms with Crippen LogP contribution in [0.15, 0.2) is 30.6 Å². The third-order valence-electron chi connectivity index (χ3n) is 5.84. The van der Waals surface area contributed by atoms with E-state index in [9.17, 15) is 0 Å². The lowest BCUT2D eigenvalue weighted by Crippen LogP contribution is -2.44. The SMILES string of the molecule is Cc1nn(C)c(C)c1-c1nc(-c2ccnc3[nH]ccc23)cc(N2CCOC[C@H]2C)n1.[B]. The number of aromatic nitrogens is 6. The molecule has 1 aliphatic rings. The number of pyridine rings is 1. The summed E-state index contributed by atoms with van der Waals surface area (Å²) < 4.78 is 7.52. The van der Waals surface area contributed by atoms with Crippen LogP contribution in [0.5, 0.6) is 0 Å². The quantitative estimate of drug-likeness (QED) is 0.519. The van der Waals surface area contributed by atoms with Gasteiger partial charge in [0.1, 0.15) is 11.5 Å². The zero-order valence-corrected chi connectivity index (χ0v) is 18.3. The van der Waals surface area contributed by atoms with E-state index in [0.717, 1.165) is 51.6 Å². The lowest BCUT2D eigenvalue weighted by atomic mass is 10.1. The van der Waals surface area contributed by atoms with Crippen LogP contribution in [0.1, 0.15) is 18.3 Å². The maximum absolute atomic E-state index is 5.64. The molecule has 4 aromatic rings. The molecule has 0 spiro atoms. The maximum atomic E-state index is 5.64. The van der Waals surface area contributed by atoms with Gasteiger partial charge in [-0.2, -0.15) is 5.10 Å². The average Bonchev–Trinajstić information content (AvgIpc) is 3.32. The minimum atomic E-state index is 0. The van der Waals surface area contributed by atoms with E-state index in [-0.39, 0.29) is 14.5 Å². The summed E-state index contributed by atoms with van der Waals surface area (Å²) in [6, 6.07) is 6.37. The monoisotopic (exact) mass is 414 g/mol. The van der Waals surface area contributed by atoms with Crippen molar-refractivity contribution in [1.29, 1.82) is 0 Å². The van der Waals surface area contributed by atoms with Gasteiger partial charge < -0.3 is 14.6 Å². The van der Waals surface area contributed by atoms with Crippen LogP contribution in [-0.4, -0.2) is 63.9 Å². The predicted octanol–water partition coefficient (Wildman–Crippen LogP) is 2.88. The van der Waals surface area contributed by atoms with Crippen LogP contribution >= 0.6 is 0 Å². The summed E-state index contributed by atoms with van der Waals surface area (Å²) >= 11 is 0. The molecule has 157 valence electrons. The molecule has 0 aromatic carbocycles. The van der Waals surface area contributed by atoms with Gasteiger partial charge in [0.05, 0.1) is 36.2 Å². The Morgan fingerprint density at radius 2 is 2.03 bits per heavy atom. The summed E-state index contributed by atoms with van der Waals surface area (Å²) in [4.78, 5) is 19.9. The molecule has 0 saturated carbocycles. The predicted molar refractivity (Wildman–Crippen MR) is 122 cm³/mol. The Kier molecular flexibility index (Phi) is 5.53. The summed E-state index contributed by atoms with van der Waals surface area (Å²) in [5.41, 5.74) is 5.72. The first-order chi connectivity index (χ1) is 14.5. The number of nitrogens with zero attached hydrogens (tertiary/aromatic N) is 6. The van der Waals surface area contributed by atoms with Crippen molar-refractivity contribution in [3.05, 3.63) is 42.0 Å². The molecule has 8 nitrogen and oxygen atoms in total. The van der Waals surface area contributed by atoms with Crippen LogP contribution in [0.25, 0.3) is 33.7 Å². The zero-order valence-electron chi connectivity index (χ0n) is 18.3. The number of nitrogens with one attached hydrogen (secondary N) is 1. The number of ether oxygens (including phenoxy) is 1. The highest BCUT2D eigenvalue weighted by Gasteiger charge is 2.24. The summed E-state index contributed by atoms with van der Waals surface area (Å²) in [6.07, 6.45) is 3.72. The molecule has 4 aromatic heterocycles. The largest absolute Gasteiger partial charge is 0.377 e. The lowest BCUT2D eigenvalue weighted by molar-refractivity contribution is 0.0985. The van der Waals surface area contributed by atoms with Gasteiger partial charge in [-0.1, -0.05) is 0 Å². The van der Waals surface area contributed by atoms with Crippen LogP contribution < -0.4 is 4.90 Å². The third kappa shape index (κ3) is 3.59. The number of aromatic amines is 1. The molecule has 3 radical (unpaired) electrons. The van der Waals surface area contributed by atoms with Gasteiger partial charge in [-0.15, -0.1) is 0 Å². The normalized spacial score (nSPS) is 16.5. The average molecular weight is 414 g/mol. The van der Waals surface area contributed by atoms with E-state index >= 15 is 0 Å². The number of hydrogen-bond donors (Lipinski definition) is 1. The standard InChI is InChI=1S/C22H25N7O.B/c1-13-12-30-10-9-29(13)19-11-18(16-5-7-23-21-17(16)6-8-24-21)25-22(26-19)20-14(2)27-28(4)15(20)3;/h5-8,11,13H,9-10,12H2,1-4H3,(H,23,24);/t13-;/m1./s1. The maximum Gasteiger partial charge on any atom is 0.165 e. The van der Waals surface area contributed by atoms with Gasteiger partial charge in [0, 0.05) is 57.1 Å². The summed E-state index contributed by atoms with van der Waals surface area (Å²) in [6.45, 7) is 8.42. The Bertz CT molecular complexity index is 1230. The van der Waals surface area contributed by atoms with E-state index in [4.69, 9.17) is 14.7 Å². The van der Waals surface area contributed by atoms with Crippen molar-refractivity contribution in [2.24, 2.45) is 7.05 Å². The molecule has 1 aliphatic heterocycles. The van der Waals surface area contributed by atoms with Crippen molar-refractivity contribution in [3.63, 3.8) is 0 Å². The first-order valence-corrected chi connectivity index (χ1v) is 10.2. The van der Waals surface area contributed by atoms with Gasteiger partial charge in [-0.05, 0) is 32.9 Å². The molecule has 31 heavy (non-hydrogen) atoms. The van der Waals surface area contributed by atoms with E-state index in [2.05, 4.69) is 39.9 Å². The molecule has 9 heteroatoms. The Hall–Kier alpha value is -3.20. The van der Waals surface area contributed by atoms with E-state index < -0.39 is 0 Å². The Labute approximate surface area is 183 Å². The topological polar surface area (TPSA) is 84.8 Å². The number of morpholine rings is 1. The molecule has 1 fully saturated rings. The number of fused-ring (bicyclic) bond motifs is 1. The van der Waals surface area contributed by atoms with Gasteiger partial charge in [-0.3, -0.25) is 4.68 Å². The minimum Gasteiger partial charge on any atom is -0.377 e. The molecular weight excluding hydrogens is 389 g/mol. The Morgan fingerprint density at radius 1 is 1.19 bits per heavy atom. The number of aryl methyl sites for hydroxylation is 2. The minimum absolute atomic E-state index is 0. The van der Waals surface area contributed by atoms with Gasteiger partial charge >= 0.3 is 0 Å². The number of H-pyrrole nitrogens is 1. The number of hydrogen-bond acceptors (Lipinski definition) is 6. The van der Waals surface area contributed by atoms with Gasteiger partial charge in [-0.25, -0.2) is 15.0 Å². The summed E-state index contributed by atoms with van der Waals surface area (Å²) in [5.74, 6) is 1.61. The van der Waals surface area contributed by atoms with Gasteiger partial charge in [0.15, 0.2) is 5.82 Å². The molecule has 0 unspecified atom stereocenters. The van der Waals surface area contributed by atoms with E-state index in [1.165, 1.54) is 0 Å². The zero-order chi connectivity index (χ0) is 20.8. The van der Waals surface area contributed by atoms with Crippen LogP contribution in [0.2, 0.25) is 0 Å². The molecule has 0 amide bonds. The molecule has 1 saturated heterocycles. The highest BCUT2D eigenvalue weighted by atomic mass is 16.5. The first kappa shape index (κ1) is 21.1. The Morgan fingerprint density at radius 3 is 2.77 bits per heavy atom. The fraction of sp³-hybridized carbons (Fsp3) is 0.364. The molecule has 0 aliphatic carbocycles. The molecule has 1 atom stereocenters. The van der Waals surface area contributed by atoms with Crippen LogP contribution in [0.3, 0.4) is 0 Å². The van der Waals surface area contributed by atoms with Crippen LogP contribution in [0.4, 0.5) is 5.82 Å². The Balaban J connectivity index is 0.00000231. The molecular formula is C22H25BN7O. The van der Waals surface area contributed by atoms with Gasteiger partial charge in [0.25, 0.3) is 0 Å². The van der Waals surface area contributed by atoms with Crippen molar-refractivity contribution in [2.45, 2.75) is 26.8 Å². The van der Waals surface area contributed by atoms with Crippen LogP contribution in [-0.2, 0) is 11.8 Å². The summed E-state index contributed by atoms with van der Waals surface area (Å²) in [5, 5.41) is 5.62. The second-order valence-corrected chi connectivity index (χ2v) is 7.82. The molecule has 1 N–H and O–H groups in total. The van der Waals surface area contributed by atoms with Gasteiger partial charge in [0.2, 0.25) is 0 Å². The highest BCUT2D eigenvalue weighted by molar-refractivity contribution is 5.92. The second-order valence-electron chi connectivity index (χ2n) is 7.82. The van der Waals surface area contributed by atoms with E-state index in [0.29, 0.717) is 19.0 Å². The van der Waals surface area contributed by atoms with Crippen molar-refractivity contribution >= 4 is 25.3 Å². The second kappa shape index (κ2) is 8.15. The van der Waals surface area contributed by atoms with E-state index in [1.807, 2.05) is 43.2 Å². The van der Waals surface area contributed by atoms with E-state index in [1.54, 1.807) is 0 Å². The fourth-order valence-corrected chi connectivity index (χ4v) is 4.18. The third-order valence-corrected chi connectivity index (χ3v) is 5.84.